The van der Waals surface area contributed by atoms with E-state index in [0.717, 1.165) is 6.04 Å². The van der Waals surface area contributed by atoms with Crippen LogP contribution < -0.4 is 0 Å². The lowest BCUT2D eigenvalue weighted by Gasteiger charge is -2.46. The van der Waals surface area contributed by atoms with Crippen LogP contribution in [0.1, 0.15) is 60.8 Å². The molecule has 3 heteroatoms. The molecule has 0 bridgehead atoms. The Labute approximate surface area is 139 Å². The molecule has 0 N–H and O–H groups in total. The van der Waals surface area contributed by atoms with Crippen molar-refractivity contribution in [2.75, 3.05) is 45.8 Å². The Balaban J connectivity index is 1.70. The van der Waals surface area contributed by atoms with E-state index in [1.54, 1.807) is 0 Å². The lowest BCUT2D eigenvalue weighted by atomic mass is 9.91. The molecule has 2 aliphatic rings. The van der Waals surface area contributed by atoms with Gasteiger partial charge < -0.3 is 4.90 Å². The summed E-state index contributed by atoms with van der Waals surface area (Å²) in [6.07, 6.45) is 4.07. The van der Waals surface area contributed by atoms with E-state index >= 15 is 0 Å². The van der Waals surface area contributed by atoms with E-state index in [4.69, 9.17) is 0 Å². The van der Waals surface area contributed by atoms with Crippen LogP contribution in [0.15, 0.2) is 0 Å². The van der Waals surface area contributed by atoms with E-state index in [1.165, 1.54) is 65.1 Å². The summed E-state index contributed by atoms with van der Waals surface area (Å²) in [6.45, 7) is 23.0. The van der Waals surface area contributed by atoms with Crippen molar-refractivity contribution >= 4 is 0 Å². The molecule has 22 heavy (non-hydrogen) atoms. The van der Waals surface area contributed by atoms with Gasteiger partial charge in [0, 0.05) is 37.8 Å². The summed E-state index contributed by atoms with van der Waals surface area (Å²) in [7, 11) is 0. The van der Waals surface area contributed by atoms with E-state index in [0.29, 0.717) is 11.0 Å². The summed E-state index contributed by atoms with van der Waals surface area (Å²) in [4.78, 5) is 8.10. The molecule has 2 saturated heterocycles. The average molecular weight is 310 g/mol. The number of piperidine rings is 1. The standard InChI is InChI=1S/C19H39N3/c1-18(2,3)9-12-20-10-7-17(8-11-20)21-13-15-22(16-14-21)19(4,5)6/h17H,7-16H2,1-6H3. The fraction of sp³-hybridized carbons (Fsp3) is 1.00. The van der Waals surface area contributed by atoms with Crippen molar-refractivity contribution in [1.82, 2.24) is 14.7 Å². The van der Waals surface area contributed by atoms with E-state index in [1.807, 2.05) is 0 Å². The van der Waals surface area contributed by atoms with Gasteiger partial charge in [0.2, 0.25) is 0 Å². The third kappa shape index (κ3) is 5.50. The lowest BCUT2D eigenvalue weighted by Crippen LogP contribution is -2.57. The summed E-state index contributed by atoms with van der Waals surface area (Å²) < 4.78 is 0. The van der Waals surface area contributed by atoms with Crippen LogP contribution in [0.25, 0.3) is 0 Å². The molecular formula is C19H39N3. The van der Waals surface area contributed by atoms with E-state index in [9.17, 15) is 0 Å². The average Bonchev–Trinajstić information content (AvgIpc) is 2.44. The molecule has 2 fully saturated rings. The molecule has 130 valence electrons. The van der Waals surface area contributed by atoms with Gasteiger partial charge in [-0.15, -0.1) is 0 Å². The maximum atomic E-state index is 2.77. The molecule has 3 nitrogen and oxygen atoms in total. The van der Waals surface area contributed by atoms with Gasteiger partial charge in [0.25, 0.3) is 0 Å². The van der Waals surface area contributed by atoms with Gasteiger partial charge in [-0.1, -0.05) is 20.8 Å². The molecule has 0 aromatic carbocycles. The van der Waals surface area contributed by atoms with Crippen LogP contribution in [0.4, 0.5) is 0 Å². The van der Waals surface area contributed by atoms with Gasteiger partial charge in [-0.2, -0.15) is 0 Å². The van der Waals surface area contributed by atoms with Crippen molar-refractivity contribution in [1.29, 1.82) is 0 Å². The Morgan fingerprint density at radius 2 is 1.32 bits per heavy atom. The maximum Gasteiger partial charge on any atom is 0.0126 e. The van der Waals surface area contributed by atoms with Crippen LogP contribution in [0.5, 0.6) is 0 Å². The van der Waals surface area contributed by atoms with Gasteiger partial charge in [0.15, 0.2) is 0 Å². The molecule has 0 saturated carbocycles. The third-order valence-electron chi connectivity index (χ3n) is 5.51. The Bertz CT molecular complexity index is 324. The summed E-state index contributed by atoms with van der Waals surface area (Å²) in [5, 5.41) is 0. The molecule has 2 heterocycles. The monoisotopic (exact) mass is 309 g/mol. The Hall–Kier alpha value is -0.120. The van der Waals surface area contributed by atoms with Crippen molar-refractivity contribution in [3.05, 3.63) is 0 Å². The first-order valence-corrected chi connectivity index (χ1v) is 9.37. The van der Waals surface area contributed by atoms with Gasteiger partial charge in [0.1, 0.15) is 0 Å². The zero-order valence-corrected chi connectivity index (χ0v) is 16.0. The van der Waals surface area contributed by atoms with Crippen LogP contribution in [0.2, 0.25) is 0 Å². The van der Waals surface area contributed by atoms with Crippen LogP contribution in [0, 0.1) is 5.41 Å². The second-order valence-electron chi connectivity index (χ2n) is 9.58. The highest BCUT2D eigenvalue weighted by molar-refractivity contribution is 4.87. The summed E-state index contributed by atoms with van der Waals surface area (Å²) in [5.74, 6) is 0. The zero-order chi connectivity index (χ0) is 16.4. The molecule has 0 aliphatic carbocycles. The van der Waals surface area contributed by atoms with Crippen LogP contribution in [-0.4, -0.2) is 72.1 Å². The molecule has 0 unspecified atom stereocenters. The smallest absolute Gasteiger partial charge is 0.0126 e. The molecule has 0 atom stereocenters. The molecular weight excluding hydrogens is 270 g/mol. The minimum Gasteiger partial charge on any atom is -0.303 e. The van der Waals surface area contributed by atoms with E-state index in [-0.39, 0.29) is 0 Å². The van der Waals surface area contributed by atoms with E-state index < -0.39 is 0 Å². The van der Waals surface area contributed by atoms with Crippen LogP contribution in [-0.2, 0) is 0 Å². The number of hydrogen-bond donors (Lipinski definition) is 0. The maximum absolute atomic E-state index is 2.77. The van der Waals surface area contributed by atoms with Gasteiger partial charge in [0.05, 0.1) is 0 Å². The number of piperazine rings is 1. The molecule has 0 spiro atoms. The fourth-order valence-corrected chi connectivity index (χ4v) is 3.76. The summed E-state index contributed by atoms with van der Waals surface area (Å²) in [6, 6.07) is 0.841. The van der Waals surface area contributed by atoms with Crippen LogP contribution in [0.3, 0.4) is 0 Å². The Kier molecular flexibility index (Phi) is 5.95. The lowest BCUT2D eigenvalue weighted by molar-refractivity contribution is 0.0228. The Morgan fingerprint density at radius 3 is 1.77 bits per heavy atom. The number of nitrogens with zero attached hydrogens (tertiary/aromatic N) is 3. The highest BCUT2D eigenvalue weighted by atomic mass is 15.3. The summed E-state index contributed by atoms with van der Waals surface area (Å²) in [5.41, 5.74) is 0.808. The second-order valence-corrected chi connectivity index (χ2v) is 9.58. The largest absolute Gasteiger partial charge is 0.303 e. The highest BCUT2D eigenvalue weighted by Gasteiger charge is 2.30. The zero-order valence-electron chi connectivity index (χ0n) is 16.0. The molecule has 0 aromatic heterocycles. The normalized spacial score (nSPS) is 24.8. The van der Waals surface area contributed by atoms with Crippen LogP contribution >= 0.6 is 0 Å². The minimum atomic E-state index is 0.336. The molecule has 2 rings (SSSR count). The topological polar surface area (TPSA) is 9.72 Å². The molecule has 0 aromatic rings. The van der Waals surface area contributed by atoms with Gasteiger partial charge >= 0.3 is 0 Å². The predicted molar refractivity (Wildman–Crippen MR) is 96.4 cm³/mol. The number of rotatable bonds is 3. The second kappa shape index (κ2) is 7.19. The first-order chi connectivity index (χ1) is 10.1. The first kappa shape index (κ1) is 18.2. The SMILES string of the molecule is CC(C)(C)CCN1CCC(N2CCN(C(C)(C)C)CC2)CC1. The van der Waals surface area contributed by atoms with Crippen molar-refractivity contribution in [2.24, 2.45) is 5.41 Å². The molecule has 0 amide bonds. The third-order valence-corrected chi connectivity index (χ3v) is 5.51. The quantitative estimate of drug-likeness (QED) is 0.792. The van der Waals surface area contributed by atoms with Crippen molar-refractivity contribution in [2.45, 2.75) is 72.4 Å². The first-order valence-electron chi connectivity index (χ1n) is 9.37. The molecule has 2 aliphatic heterocycles. The van der Waals surface area contributed by atoms with Crippen molar-refractivity contribution in [3.8, 4) is 0 Å². The van der Waals surface area contributed by atoms with E-state index in [2.05, 4.69) is 56.2 Å². The van der Waals surface area contributed by atoms with Crippen molar-refractivity contribution in [3.63, 3.8) is 0 Å². The van der Waals surface area contributed by atoms with Gasteiger partial charge in [-0.3, -0.25) is 9.80 Å². The predicted octanol–water partition coefficient (Wildman–Crippen LogP) is 3.30. The Morgan fingerprint density at radius 1 is 0.773 bits per heavy atom. The number of likely N-dealkylation sites (tertiary alicyclic amines) is 1. The van der Waals surface area contributed by atoms with Gasteiger partial charge in [-0.25, -0.2) is 0 Å². The van der Waals surface area contributed by atoms with Crippen molar-refractivity contribution < 1.29 is 0 Å². The molecule has 0 radical (unpaired) electrons. The van der Waals surface area contributed by atoms with Gasteiger partial charge in [-0.05, 0) is 65.1 Å². The number of hydrogen-bond acceptors (Lipinski definition) is 3. The highest BCUT2D eigenvalue weighted by Crippen LogP contribution is 2.23. The summed E-state index contributed by atoms with van der Waals surface area (Å²) >= 11 is 0. The minimum absolute atomic E-state index is 0.336. The fourth-order valence-electron chi connectivity index (χ4n) is 3.76.